The SMILES string of the molecule is O=C(Cc1c[nH]c2ccccc12)Oc1ccccc1F. The van der Waals surface area contributed by atoms with E-state index in [1.165, 1.54) is 12.1 Å². The molecule has 1 aromatic heterocycles. The normalized spacial score (nSPS) is 10.7. The van der Waals surface area contributed by atoms with Gasteiger partial charge in [-0.15, -0.1) is 0 Å². The van der Waals surface area contributed by atoms with E-state index in [0.29, 0.717) is 0 Å². The Balaban J connectivity index is 1.78. The first-order valence-corrected chi connectivity index (χ1v) is 6.24. The van der Waals surface area contributed by atoms with Gasteiger partial charge in [-0.1, -0.05) is 30.3 Å². The van der Waals surface area contributed by atoms with E-state index in [0.717, 1.165) is 16.5 Å². The minimum Gasteiger partial charge on any atom is -0.423 e. The van der Waals surface area contributed by atoms with Gasteiger partial charge in [0, 0.05) is 17.1 Å². The lowest BCUT2D eigenvalue weighted by Gasteiger charge is -2.04. The Morgan fingerprint density at radius 3 is 2.70 bits per heavy atom. The largest absolute Gasteiger partial charge is 0.423 e. The summed E-state index contributed by atoms with van der Waals surface area (Å²) in [7, 11) is 0. The van der Waals surface area contributed by atoms with Gasteiger partial charge >= 0.3 is 5.97 Å². The van der Waals surface area contributed by atoms with Crippen molar-refractivity contribution in [1.29, 1.82) is 0 Å². The minimum atomic E-state index is -0.542. The van der Waals surface area contributed by atoms with E-state index >= 15 is 0 Å². The van der Waals surface area contributed by atoms with Gasteiger partial charge in [0.1, 0.15) is 0 Å². The minimum absolute atomic E-state index is 0.0441. The number of carbonyl (C=O) groups excluding carboxylic acids is 1. The molecule has 0 bridgehead atoms. The van der Waals surface area contributed by atoms with Crippen LogP contribution in [0.3, 0.4) is 0 Å². The molecule has 0 saturated carbocycles. The molecule has 0 unspecified atom stereocenters. The van der Waals surface area contributed by atoms with Crippen LogP contribution in [0.15, 0.2) is 54.7 Å². The summed E-state index contributed by atoms with van der Waals surface area (Å²) in [4.78, 5) is 15.0. The average Bonchev–Trinajstić information content (AvgIpc) is 2.85. The van der Waals surface area contributed by atoms with Crippen molar-refractivity contribution in [3.63, 3.8) is 0 Å². The van der Waals surface area contributed by atoms with Crippen LogP contribution in [0.4, 0.5) is 4.39 Å². The number of halogens is 1. The Morgan fingerprint density at radius 2 is 1.85 bits per heavy atom. The number of para-hydroxylation sites is 2. The highest BCUT2D eigenvalue weighted by atomic mass is 19.1. The van der Waals surface area contributed by atoms with Crippen molar-refractivity contribution in [3.8, 4) is 5.75 Å². The molecule has 0 atom stereocenters. The van der Waals surface area contributed by atoms with E-state index in [9.17, 15) is 9.18 Å². The molecule has 100 valence electrons. The highest BCUT2D eigenvalue weighted by Crippen LogP contribution is 2.20. The van der Waals surface area contributed by atoms with E-state index in [-0.39, 0.29) is 12.2 Å². The summed E-state index contributed by atoms with van der Waals surface area (Å²) in [6.45, 7) is 0. The Morgan fingerprint density at radius 1 is 1.10 bits per heavy atom. The summed E-state index contributed by atoms with van der Waals surface area (Å²) >= 11 is 0. The summed E-state index contributed by atoms with van der Waals surface area (Å²) in [5.41, 5.74) is 1.79. The van der Waals surface area contributed by atoms with Crippen molar-refractivity contribution >= 4 is 16.9 Å². The van der Waals surface area contributed by atoms with E-state index in [1.807, 2.05) is 24.3 Å². The second-order valence-electron chi connectivity index (χ2n) is 4.44. The van der Waals surface area contributed by atoms with Crippen LogP contribution in [0.5, 0.6) is 5.75 Å². The first-order valence-electron chi connectivity index (χ1n) is 6.24. The number of benzene rings is 2. The van der Waals surface area contributed by atoms with Crippen LogP contribution in [-0.2, 0) is 11.2 Å². The van der Waals surface area contributed by atoms with Crippen molar-refractivity contribution in [2.45, 2.75) is 6.42 Å². The van der Waals surface area contributed by atoms with Crippen molar-refractivity contribution < 1.29 is 13.9 Å². The van der Waals surface area contributed by atoms with Crippen LogP contribution < -0.4 is 4.74 Å². The number of hydrogen-bond donors (Lipinski definition) is 1. The molecule has 3 nitrogen and oxygen atoms in total. The molecule has 20 heavy (non-hydrogen) atoms. The van der Waals surface area contributed by atoms with Gasteiger partial charge in [0.15, 0.2) is 11.6 Å². The molecule has 4 heteroatoms. The molecular formula is C16H12FNO2. The first-order chi connectivity index (χ1) is 9.74. The van der Waals surface area contributed by atoms with Crippen LogP contribution in [-0.4, -0.2) is 11.0 Å². The molecule has 1 heterocycles. The molecule has 0 spiro atoms. The molecule has 0 aliphatic heterocycles. The molecule has 0 aliphatic rings. The highest BCUT2D eigenvalue weighted by Gasteiger charge is 2.12. The van der Waals surface area contributed by atoms with Crippen molar-refractivity contribution in [2.75, 3.05) is 0 Å². The van der Waals surface area contributed by atoms with E-state index < -0.39 is 11.8 Å². The topological polar surface area (TPSA) is 42.1 Å². The van der Waals surface area contributed by atoms with Crippen LogP contribution in [0, 0.1) is 5.82 Å². The lowest BCUT2D eigenvalue weighted by atomic mass is 10.1. The zero-order valence-corrected chi connectivity index (χ0v) is 10.6. The number of H-pyrrole nitrogens is 1. The number of rotatable bonds is 3. The third-order valence-electron chi connectivity index (χ3n) is 3.07. The number of carbonyl (C=O) groups is 1. The second kappa shape index (κ2) is 5.17. The lowest BCUT2D eigenvalue weighted by molar-refractivity contribution is -0.133. The van der Waals surface area contributed by atoms with Gasteiger partial charge in [0.2, 0.25) is 0 Å². The fourth-order valence-electron chi connectivity index (χ4n) is 2.12. The molecule has 3 aromatic rings. The van der Waals surface area contributed by atoms with Crippen LogP contribution >= 0.6 is 0 Å². The van der Waals surface area contributed by atoms with E-state index in [2.05, 4.69) is 4.98 Å². The third kappa shape index (κ3) is 2.40. The first kappa shape index (κ1) is 12.4. The molecule has 2 aromatic carbocycles. The maximum absolute atomic E-state index is 13.4. The standard InChI is InChI=1S/C16H12FNO2/c17-13-6-2-4-8-15(13)20-16(19)9-11-10-18-14-7-3-1-5-12(11)14/h1-8,10,18H,9H2. The fourth-order valence-corrected chi connectivity index (χ4v) is 2.12. The zero-order valence-electron chi connectivity index (χ0n) is 10.6. The van der Waals surface area contributed by atoms with Crippen LogP contribution in [0.2, 0.25) is 0 Å². The van der Waals surface area contributed by atoms with Crippen LogP contribution in [0.25, 0.3) is 10.9 Å². The molecule has 1 N–H and O–H groups in total. The smallest absolute Gasteiger partial charge is 0.315 e. The van der Waals surface area contributed by atoms with Crippen molar-refractivity contribution in [1.82, 2.24) is 4.98 Å². The predicted molar refractivity (Wildman–Crippen MR) is 74.0 cm³/mol. The number of fused-ring (bicyclic) bond motifs is 1. The van der Waals surface area contributed by atoms with Gasteiger partial charge in [-0.25, -0.2) is 4.39 Å². The van der Waals surface area contributed by atoms with Gasteiger partial charge in [-0.05, 0) is 23.8 Å². The lowest BCUT2D eigenvalue weighted by Crippen LogP contribution is -2.11. The Bertz CT molecular complexity index is 764. The predicted octanol–water partition coefficient (Wildman–Crippen LogP) is 3.46. The van der Waals surface area contributed by atoms with Gasteiger partial charge in [0.05, 0.1) is 6.42 Å². The van der Waals surface area contributed by atoms with E-state index in [4.69, 9.17) is 4.74 Å². The number of aromatic nitrogens is 1. The quantitative estimate of drug-likeness (QED) is 0.584. The molecule has 0 saturated heterocycles. The molecule has 3 rings (SSSR count). The van der Waals surface area contributed by atoms with E-state index in [1.54, 1.807) is 18.3 Å². The Hall–Kier alpha value is -2.62. The van der Waals surface area contributed by atoms with Gasteiger partial charge in [0.25, 0.3) is 0 Å². The molecule has 0 radical (unpaired) electrons. The number of aromatic amines is 1. The fraction of sp³-hybridized carbons (Fsp3) is 0.0625. The number of hydrogen-bond acceptors (Lipinski definition) is 2. The zero-order chi connectivity index (χ0) is 13.9. The second-order valence-corrected chi connectivity index (χ2v) is 4.44. The average molecular weight is 269 g/mol. The van der Waals surface area contributed by atoms with Crippen molar-refractivity contribution in [2.24, 2.45) is 0 Å². The molecule has 0 amide bonds. The Kier molecular flexibility index (Phi) is 3.21. The molecule has 0 fully saturated rings. The summed E-state index contributed by atoms with van der Waals surface area (Å²) in [6, 6.07) is 13.5. The molecule has 0 aliphatic carbocycles. The summed E-state index contributed by atoms with van der Waals surface area (Å²) in [5.74, 6) is -1.07. The van der Waals surface area contributed by atoms with Crippen LogP contribution in [0.1, 0.15) is 5.56 Å². The maximum atomic E-state index is 13.4. The monoisotopic (exact) mass is 269 g/mol. The summed E-state index contributed by atoms with van der Waals surface area (Å²) < 4.78 is 18.4. The van der Waals surface area contributed by atoms with Gasteiger partial charge in [-0.2, -0.15) is 0 Å². The Labute approximate surface area is 115 Å². The number of nitrogens with one attached hydrogen (secondary N) is 1. The summed E-state index contributed by atoms with van der Waals surface area (Å²) in [6.07, 6.45) is 1.87. The third-order valence-corrected chi connectivity index (χ3v) is 3.07. The summed E-state index contributed by atoms with van der Waals surface area (Å²) in [5, 5.41) is 0.970. The molecular weight excluding hydrogens is 257 g/mol. The van der Waals surface area contributed by atoms with Gasteiger partial charge in [-0.3, -0.25) is 4.79 Å². The highest BCUT2D eigenvalue weighted by molar-refractivity contribution is 5.87. The van der Waals surface area contributed by atoms with Gasteiger partial charge < -0.3 is 9.72 Å². The maximum Gasteiger partial charge on any atom is 0.315 e. The number of esters is 1. The number of ether oxygens (including phenoxy) is 1. The van der Waals surface area contributed by atoms with Crippen molar-refractivity contribution in [3.05, 3.63) is 66.1 Å².